The lowest BCUT2D eigenvalue weighted by Gasteiger charge is -2.35. The fourth-order valence-electron chi connectivity index (χ4n) is 5.01. The second-order valence-electron chi connectivity index (χ2n) is 9.24. The van der Waals surface area contributed by atoms with Crippen LogP contribution in [-0.2, 0) is 14.4 Å². The zero-order valence-electron chi connectivity index (χ0n) is 18.9. The molecule has 2 fully saturated rings. The first-order chi connectivity index (χ1) is 15.6. The minimum absolute atomic E-state index is 0.0311. The molecule has 2 aliphatic heterocycles. The van der Waals surface area contributed by atoms with E-state index in [4.69, 9.17) is 0 Å². The average Bonchev–Trinajstić information content (AvgIpc) is 3.06. The molecule has 3 aliphatic rings. The minimum Gasteiger partial charge on any atom is -0.352 e. The quantitative estimate of drug-likeness (QED) is 0.691. The maximum absolute atomic E-state index is 13.5. The Morgan fingerprint density at radius 3 is 2.25 bits per heavy atom. The summed E-state index contributed by atoms with van der Waals surface area (Å²) in [6, 6.07) is 7.79. The van der Waals surface area contributed by atoms with Gasteiger partial charge in [0.15, 0.2) is 5.25 Å². The van der Waals surface area contributed by atoms with Crippen LogP contribution in [-0.4, -0.2) is 53.5 Å². The Bertz CT molecular complexity index is 814. The lowest BCUT2D eigenvalue weighted by molar-refractivity contribution is -0.135. The van der Waals surface area contributed by atoms with Crippen molar-refractivity contribution in [2.24, 2.45) is 0 Å². The van der Waals surface area contributed by atoms with Gasteiger partial charge in [-0.1, -0.05) is 57.1 Å². The van der Waals surface area contributed by atoms with Gasteiger partial charge in [-0.3, -0.25) is 14.4 Å². The van der Waals surface area contributed by atoms with E-state index in [0.29, 0.717) is 13.1 Å². The van der Waals surface area contributed by atoms with Gasteiger partial charge in [0.05, 0.1) is 5.69 Å². The monoisotopic (exact) mass is 457 g/mol. The van der Waals surface area contributed by atoms with E-state index >= 15 is 0 Å². The third kappa shape index (κ3) is 5.66. The molecule has 32 heavy (non-hydrogen) atoms. The molecule has 4 rings (SSSR count). The largest absolute Gasteiger partial charge is 0.352 e. The number of hydrogen-bond donors (Lipinski definition) is 1. The number of rotatable bonds is 4. The Hall–Kier alpha value is -2.02. The number of fused-ring (bicyclic) bond motifs is 1. The summed E-state index contributed by atoms with van der Waals surface area (Å²) in [5.74, 6) is -0.510. The van der Waals surface area contributed by atoms with Gasteiger partial charge in [0.1, 0.15) is 6.54 Å². The van der Waals surface area contributed by atoms with Crippen LogP contribution < -0.4 is 10.2 Å². The highest BCUT2D eigenvalue weighted by atomic mass is 32.2. The van der Waals surface area contributed by atoms with Crippen LogP contribution in [0.15, 0.2) is 29.2 Å². The molecule has 1 aromatic rings. The van der Waals surface area contributed by atoms with Crippen molar-refractivity contribution in [1.82, 2.24) is 10.2 Å². The summed E-state index contributed by atoms with van der Waals surface area (Å²) in [5, 5.41) is 2.36. The molecule has 2 heterocycles. The summed E-state index contributed by atoms with van der Waals surface area (Å²) in [6.07, 6.45) is 12.2. The smallest absolute Gasteiger partial charge is 0.250 e. The predicted octanol–water partition coefficient (Wildman–Crippen LogP) is 4.13. The van der Waals surface area contributed by atoms with Gasteiger partial charge >= 0.3 is 0 Å². The molecular formula is C25H35N3O3S. The molecule has 1 atom stereocenters. The van der Waals surface area contributed by atoms with Gasteiger partial charge in [0, 0.05) is 24.0 Å². The van der Waals surface area contributed by atoms with E-state index in [1.54, 1.807) is 0 Å². The second kappa shape index (κ2) is 11.2. The number of para-hydroxylation sites is 1. The number of thioether (sulfide) groups is 1. The highest BCUT2D eigenvalue weighted by Gasteiger charge is 2.40. The predicted molar refractivity (Wildman–Crippen MR) is 128 cm³/mol. The Morgan fingerprint density at radius 1 is 0.906 bits per heavy atom. The standard InChI is InChI=1S/C25H35N3O3S/c29-22(26-19-12-6-2-1-3-7-13-19)18-28-20-14-8-9-15-21(20)32-23(25(28)31)24(30)27-16-10-4-5-11-17-27/h8-9,14-15,19,23H,1-7,10-13,16-18H2,(H,26,29). The highest BCUT2D eigenvalue weighted by molar-refractivity contribution is 8.01. The van der Waals surface area contributed by atoms with Crippen LogP contribution in [0.3, 0.4) is 0 Å². The zero-order valence-corrected chi connectivity index (χ0v) is 19.7. The normalized spacial score (nSPS) is 23.0. The molecule has 1 aromatic carbocycles. The van der Waals surface area contributed by atoms with E-state index in [2.05, 4.69) is 5.32 Å². The van der Waals surface area contributed by atoms with Crippen LogP contribution in [0, 0.1) is 0 Å². The third-order valence-corrected chi connectivity index (χ3v) is 8.04. The number of benzene rings is 1. The summed E-state index contributed by atoms with van der Waals surface area (Å²) in [7, 11) is 0. The Balaban J connectivity index is 1.47. The van der Waals surface area contributed by atoms with Crippen molar-refractivity contribution in [2.75, 3.05) is 24.5 Å². The van der Waals surface area contributed by atoms with E-state index in [1.807, 2.05) is 29.2 Å². The van der Waals surface area contributed by atoms with Gasteiger partial charge in [0.2, 0.25) is 11.8 Å². The van der Waals surface area contributed by atoms with Gasteiger partial charge in [0.25, 0.3) is 5.91 Å². The SMILES string of the molecule is O=C(CN1C(=O)C(C(=O)N2CCCCCC2)Sc2ccccc21)NC1CCCCCCC1. The highest BCUT2D eigenvalue weighted by Crippen LogP contribution is 2.39. The number of nitrogens with one attached hydrogen (secondary N) is 1. The number of likely N-dealkylation sites (tertiary alicyclic amines) is 1. The third-order valence-electron chi connectivity index (χ3n) is 6.81. The van der Waals surface area contributed by atoms with Crippen LogP contribution in [0.1, 0.15) is 70.6 Å². The number of carbonyl (C=O) groups excluding carboxylic acids is 3. The summed E-state index contributed by atoms with van der Waals surface area (Å²) < 4.78 is 0. The average molecular weight is 458 g/mol. The van der Waals surface area contributed by atoms with Crippen LogP contribution in [0.2, 0.25) is 0 Å². The van der Waals surface area contributed by atoms with E-state index in [0.717, 1.165) is 61.9 Å². The topological polar surface area (TPSA) is 69.7 Å². The van der Waals surface area contributed by atoms with Crippen molar-refractivity contribution in [1.29, 1.82) is 0 Å². The van der Waals surface area contributed by atoms with E-state index < -0.39 is 5.25 Å². The Morgan fingerprint density at radius 2 is 1.53 bits per heavy atom. The molecule has 174 valence electrons. The molecule has 7 heteroatoms. The minimum atomic E-state index is -0.808. The molecule has 0 aromatic heterocycles. The summed E-state index contributed by atoms with van der Waals surface area (Å²) in [6.45, 7) is 1.40. The van der Waals surface area contributed by atoms with Crippen molar-refractivity contribution in [3.05, 3.63) is 24.3 Å². The van der Waals surface area contributed by atoms with Gasteiger partial charge in [-0.15, -0.1) is 11.8 Å². The molecule has 1 saturated heterocycles. The number of amides is 3. The number of hydrogen-bond acceptors (Lipinski definition) is 4. The summed E-state index contributed by atoms with van der Waals surface area (Å²) in [5.41, 5.74) is 0.732. The molecule has 1 unspecified atom stereocenters. The fourth-order valence-corrected chi connectivity index (χ4v) is 6.20. The maximum Gasteiger partial charge on any atom is 0.250 e. The van der Waals surface area contributed by atoms with Gasteiger partial charge < -0.3 is 15.1 Å². The zero-order chi connectivity index (χ0) is 22.3. The van der Waals surface area contributed by atoms with Gasteiger partial charge in [-0.25, -0.2) is 0 Å². The molecule has 0 bridgehead atoms. The van der Waals surface area contributed by atoms with Crippen molar-refractivity contribution < 1.29 is 14.4 Å². The first-order valence-corrected chi connectivity index (χ1v) is 13.2. The van der Waals surface area contributed by atoms with Crippen LogP contribution in [0.4, 0.5) is 5.69 Å². The Kier molecular flexibility index (Phi) is 8.11. The molecule has 3 amide bonds. The van der Waals surface area contributed by atoms with Crippen molar-refractivity contribution in [3.8, 4) is 0 Å². The van der Waals surface area contributed by atoms with Gasteiger partial charge in [-0.05, 0) is 37.8 Å². The maximum atomic E-state index is 13.5. The molecule has 1 N–H and O–H groups in total. The van der Waals surface area contributed by atoms with E-state index in [-0.39, 0.29) is 30.3 Å². The Labute approximate surface area is 195 Å². The lowest BCUT2D eigenvalue weighted by Crippen LogP contribution is -2.53. The first-order valence-electron chi connectivity index (χ1n) is 12.3. The summed E-state index contributed by atoms with van der Waals surface area (Å²) in [4.78, 5) is 44.0. The van der Waals surface area contributed by atoms with Crippen LogP contribution in [0.5, 0.6) is 0 Å². The van der Waals surface area contributed by atoms with Crippen LogP contribution >= 0.6 is 11.8 Å². The molecule has 0 radical (unpaired) electrons. The van der Waals surface area contributed by atoms with Crippen molar-refractivity contribution >= 4 is 35.2 Å². The van der Waals surface area contributed by atoms with Crippen LogP contribution in [0.25, 0.3) is 0 Å². The molecule has 1 aliphatic carbocycles. The first kappa shape index (κ1) is 23.1. The van der Waals surface area contributed by atoms with E-state index in [1.165, 1.54) is 35.9 Å². The molecular weight excluding hydrogens is 422 g/mol. The van der Waals surface area contributed by atoms with E-state index in [9.17, 15) is 14.4 Å². The molecule has 0 spiro atoms. The second-order valence-corrected chi connectivity index (χ2v) is 10.4. The molecule has 1 saturated carbocycles. The summed E-state index contributed by atoms with van der Waals surface area (Å²) >= 11 is 1.33. The number of carbonyl (C=O) groups is 3. The van der Waals surface area contributed by atoms with Crippen molar-refractivity contribution in [3.63, 3.8) is 0 Å². The van der Waals surface area contributed by atoms with Gasteiger partial charge in [-0.2, -0.15) is 0 Å². The van der Waals surface area contributed by atoms with Crippen molar-refractivity contribution in [2.45, 2.75) is 86.8 Å². The fraction of sp³-hybridized carbons (Fsp3) is 0.640. The molecule has 6 nitrogen and oxygen atoms in total. The number of anilines is 1. The lowest BCUT2D eigenvalue weighted by atomic mass is 9.97. The number of nitrogens with zero attached hydrogens (tertiary/aromatic N) is 2.